The van der Waals surface area contributed by atoms with Crippen molar-refractivity contribution in [1.29, 1.82) is 0 Å². The Morgan fingerprint density at radius 3 is 2.50 bits per heavy atom. The van der Waals surface area contributed by atoms with E-state index in [0.717, 1.165) is 23.7 Å². The summed E-state index contributed by atoms with van der Waals surface area (Å²) in [6.07, 6.45) is 5.34. The highest BCUT2D eigenvalue weighted by molar-refractivity contribution is 5.19. The van der Waals surface area contributed by atoms with Crippen LogP contribution in [0.1, 0.15) is 47.5 Å². The molecular formula is C14H24. The molecule has 0 aliphatic heterocycles. The second-order valence-electron chi connectivity index (χ2n) is 5.92. The number of rotatable bonds is 3. The van der Waals surface area contributed by atoms with Gasteiger partial charge in [-0.3, -0.25) is 0 Å². The van der Waals surface area contributed by atoms with Crippen molar-refractivity contribution in [2.45, 2.75) is 47.5 Å². The fourth-order valence-corrected chi connectivity index (χ4v) is 3.81. The molecule has 2 aliphatic carbocycles. The lowest BCUT2D eigenvalue weighted by atomic mass is 9.95. The van der Waals surface area contributed by atoms with E-state index in [9.17, 15) is 0 Å². The Kier molecular flexibility index (Phi) is 2.28. The first kappa shape index (κ1) is 10.3. The van der Waals surface area contributed by atoms with Crippen LogP contribution in [0.3, 0.4) is 0 Å². The van der Waals surface area contributed by atoms with E-state index in [4.69, 9.17) is 0 Å². The molecule has 5 atom stereocenters. The summed E-state index contributed by atoms with van der Waals surface area (Å²) in [5.74, 6) is 3.93. The molecule has 5 unspecified atom stereocenters. The van der Waals surface area contributed by atoms with Crippen molar-refractivity contribution < 1.29 is 0 Å². The van der Waals surface area contributed by atoms with Crippen molar-refractivity contribution in [3.05, 3.63) is 11.6 Å². The molecule has 0 amide bonds. The van der Waals surface area contributed by atoms with E-state index in [1.807, 2.05) is 0 Å². The molecule has 0 saturated heterocycles. The SMILES string of the molecule is CCC1C(C)C1(C)C1CC1C=C(C)C. The molecule has 0 aromatic heterocycles. The molecule has 0 heterocycles. The van der Waals surface area contributed by atoms with E-state index in [2.05, 4.69) is 40.7 Å². The van der Waals surface area contributed by atoms with Crippen molar-refractivity contribution in [1.82, 2.24) is 0 Å². The van der Waals surface area contributed by atoms with Crippen LogP contribution in [-0.4, -0.2) is 0 Å². The van der Waals surface area contributed by atoms with Gasteiger partial charge in [0.15, 0.2) is 0 Å². The maximum absolute atomic E-state index is 2.52. The van der Waals surface area contributed by atoms with Gasteiger partial charge in [-0.05, 0) is 49.4 Å². The first-order valence-corrected chi connectivity index (χ1v) is 6.16. The normalized spacial score (nSPS) is 50.1. The van der Waals surface area contributed by atoms with E-state index < -0.39 is 0 Å². The quantitative estimate of drug-likeness (QED) is 0.586. The molecule has 2 saturated carbocycles. The lowest BCUT2D eigenvalue weighted by Crippen LogP contribution is -2.03. The molecule has 0 aromatic rings. The Balaban J connectivity index is 1.98. The third-order valence-electron chi connectivity index (χ3n) is 4.90. The van der Waals surface area contributed by atoms with Gasteiger partial charge in [0.25, 0.3) is 0 Å². The Bertz CT molecular complexity index is 259. The van der Waals surface area contributed by atoms with Gasteiger partial charge < -0.3 is 0 Å². The fraction of sp³-hybridized carbons (Fsp3) is 0.857. The van der Waals surface area contributed by atoms with Crippen LogP contribution < -0.4 is 0 Å². The summed E-state index contributed by atoms with van der Waals surface area (Å²) >= 11 is 0. The minimum atomic E-state index is 0.700. The smallest absolute Gasteiger partial charge is 0.0194 e. The molecule has 0 heteroatoms. The van der Waals surface area contributed by atoms with Crippen molar-refractivity contribution in [3.63, 3.8) is 0 Å². The molecule has 0 spiro atoms. The van der Waals surface area contributed by atoms with Gasteiger partial charge in [-0.1, -0.05) is 38.8 Å². The first-order chi connectivity index (χ1) is 6.51. The minimum absolute atomic E-state index is 0.700. The molecule has 0 nitrogen and oxygen atoms in total. The molecule has 0 radical (unpaired) electrons. The second-order valence-corrected chi connectivity index (χ2v) is 5.92. The average Bonchev–Trinajstić information content (AvgIpc) is 2.93. The van der Waals surface area contributed by atoms with Crippen molar-refractivity contribution in [2.75, 3.05) is 0 Å². The lowest BCUT2D eigenvalue weighted by Gasteiger charge is -2.09. The monoisotopic (exact) mass is 192 g/mol. The molecule has 0 bridgehead atoms. The highest BCUT2D eigenvalue weighted by atomic mass is 14.7. The molecule has 2 aliphatic rings. The minimum Gasteiger partial charge on any atom is -0.0825 e. The van der Waals surface area contributed by atoms with Crippen molar-refractivity contribution in [3.8, 4) is 0 Å². The predicted octanol–water partition coefficient (Wildman–Crippen LogP) is 4.27. The number of hydrogen-bond acceptors (Lipinski definition) is 0. The highest BCUT2D eigenvalue weighted by Gasteiger charge is 2.66. The van der Waals surface area contributed by atoms with Crippen molar-refractivity contribution in [2.24, 2.45) is 29.1 Å². The molecule has 80 valence electrons. The van der Waals surface area contributed by atoms with Gasteiger partial charge in [0.1, 0.15) is 0 Å². The molecule has 0 N–H and O–H groups in total. The first-order valence-electron chi connectivity index (χ1n) is 6.16. The van der Waals surface area contributed by atoms with E-state index in [1.165, 1.54) is 18.4 Å². The van der Waals surface area contributed by atoms with Gasteiger partial charge in [0.2, 0.25) is 0 Å². The van der Waals surface area contributed by atoms with Crippen LogP contribution in [0.4, 0.5) is 0 Å². The topological polar surface area (TPSA) is 0 Å². The van der Waals surface area contributed by atoms with Gasteiger partial charge in [-0.25, -0.2) is 0 Å². The summed E-state index contributed by atoms with van der Waals surface area (Å²) in [6.45, 7) is 11.8. The van der Waals surface area contributed by atoms with E-state index in [0.29, 0.717) is 5.41 Å². The standard InChI is InChI=1S/C14H24/c1-6-12-10(4)14(12,5)13-8-11(13)7-9(2)3/h7,10-13H,6,8H2,1-5H3. The maximum Gasteiger partial charge on any atom is -0.0194 e. The summed E-state index contributed by atoms with van der Waals surface area (Å²) in [7, 11) is 0. The van der Waals surface area contributed by atoms with Crippen LogP contribution >= 0.6 is 0 Å². The van der Waals surface area contributed by atoms with Gasteiger partial charge in [-0.15, -0.1) is 0 Å². The molecule has 2 fully saturated rings. The zero-order valence-corrected chi connectivity index (χ0v) is 10.3. The van der Waals surface area contributed by atoms with Gasteiger partial charge in [-0.2, -0.15) is 0 Å². The van der Waals surface area contributed by atoms with Crippen LogP contribution in [0, 0.1) is 29.1 Å². The Morgan fingerprint density at radius 1 is 1.43 bits per heavy atom. The van der Waals surface area contributed by atoms with Crippen LogP contribution in [0.25, 0.3) is 0 Å². The second kappa shape index (κ2) is 3.12. The van der Waals surface area contributed by atoms with Crippen molar-refractivity contribution >= 4 is 0 Å². The Hall–Kier alpha value is -0.260. The van der Waals surface area contributed by atoms with E-state index in [-0.39, 0.29) is 0 Å². The van der Waals surface area contributed by atoms with Crippen LogP contribution in [-0.2, 0) is 0 Å². The third-order valence-corrected chi connectivity index (χ3v) is 4.90. The van der Waals surface area contributed by atoms with E-state index >= 15 is 0 Å². The van der Waals surface area contributed by atoms with Gasteiger partial charge in [0.05, 0.1) is 0 Å². The Labute approximate surface area is 88.8 Å². The highest BCUT2D eigenvalue weighted by Crippen LogP contribution is 2.72. The summed E-state index contributed by atoms with van der Waals surface area (Å²) in [5, 5.41) is 0. The third kappa shape index (κ3) is 1.34. The number of allylic oxidation sites excluding steroid dienone is 2. The zero-order chi connectivity index (χ0) is 10.5. The fourth-order valence-electron chi connectivity index (χ4n) is 3.81. The van der Waals surface area contributed by atoms with Gasteiger partial charge >= 0.3 is 0 Å². The molecular weight excluding hydrogens is 168 g/mol. The lowest BCUT2D eigenvalue weighted by molar-refractivity contribution is 0.401. The number of hydrogen-bond donors (Lipinski definition) is 0. The Morgan fingerprint density at radius 2 is 2.07 bits per heavy atom. The maximum atomic E-state index is 2.52. The summed E-state index contributed by atoms with van der Waals surface area (Å²) in [6, 6.07) is 0. The summed E-state index contributed by atoms with van der Waals surface area (Å²) < 4.78 is 0. The average molecular weight is 192 g/mol. The summed E-state index contributed by atoms with van der Waals surface area (Å²) in [4.78, 5) is 0. The molecule has 0 aromatic carbocycles. The molecule has 2 rings (SSSR count). The zero-order valence-electron chi connectivity index (χ0n) is 10.3. The van der Waals surface area contributed by atoms with Crippen LogP contribution in [0.5, 0.6) is 0 Å². The van der Waals surface area contributed by atoms with Crippen LogP contribution in [0.15, 0.2) is 11.6 Å². The largest absolute Gasteiger partial charge is 0.0825 e. The van der Waals surface area contributed by atoms with E-state index in [1.54, 1.807) is 0 Å². The molecule has 14 heavy (non-hydrogen) atoms. The van der Waals surface area contributed by atoms with Crippen LogP contribution in [0.2, 0.25) is 0 Å². The van der Waals surface area contributed by atoms with Gasteiger partial charge in [0, 0.05) is 0 Å². The predicted molar refractivity (Wildman–Crippen MR) is 62.1 cm³/mol. The summed E-state index contributed by atoms with van der Waals surface area (Å²) in [5.41, 5.74) is 2.20.